The van der Waals surface area contributed by atoms with Crippen molar-refractivity contribution in [3.63, 3.8) is 0 Å². The minimum Gasteiger partial charge on any atom is -0.304 e. The number of amides is 1. The summed E-state index contributed by atoms with van der Waals surface area (Å²) in [7, 11) is 0. The highest BCUT2D eigenvalue weighted by molar-refractivity contribution is 9.10. The Hall–Kier alpha value is -2.98. The third-order valence-electron chi connectivity index (χ3n) is 4.02. The van der Waals surface area contributed by atoms with E-state index < -0.39 is 0 Å². The number of allylic oxidation sites excluding steroid dienone is 1. The average Bonchev–Trinajstić information content (AvgIpc) is 2.72. The lowest BCUT2D eigenvalue weighted by molar-refractivity contribution is -0.114. The molecule has 0 spiro atoms. The molecule has 0 heterocycles. The number of benzene rings is 3. The molecule has 0 aliphatic heterocycles. The van der Waals surface area contributed by atoms with E-state index >= 15 is 0 Å². The molecule has 0 radical (unpaired) electrons. The van der Waals surface area contributed by atoms with Gasteiger partial charge in [-0.2, -0.15) is 0 Å². The molecule has 134 valence electrons. The quantitative estimate of drug-likeness (QED) is 0.395. The standard InChI is InChI=1S/C23H18BrNO2/c24-20-13-11-19(12-14-20)22(26)15-16-23(27)25(21-9-5-2-6-10-21)17-18-7-3-1-4-8-18/h1-16H,17H2/b16-15+. The fraction of sp³-hybridized carbons (Fsp3) is 0.0435. The van der Waals surface area contributed by atoms with Crippen molar-refractivity contribution in [2.45, 2.75) is 6.54 Å². The number of carbonyl (C=O) groups excluding carboxylic acids is 2. The Morgan fingerprint density at radius 1 is 0.778 bits per heavy atom. The lowest BCUT2D eigenvalue weighted by atomic mass is 10.1. The normalized spacial score (nSPS) is 10.7. The Kier molecular flexibility index (Phi) is 6.34. The molecule has 3 nitrogen and oxygen atoms in total. The summed E-state index contributed by atoms with van der Waals surface area (Å²) in [4.78, 5) is 26.8. The predicted molar refractivity (Wildman–Crippen MR) is 112 cm³/mol. The van der Waals surface area contributed by atoms with E-state index in [0.717, 1.165) is 15.7 Å². The first-order valence-corrected chi connectivity index (χ1v) is 9.31. The number of rotatable bonds is 6. The zero-order valence-corrected chi connectivity index (χ0v) is 16.2. The van der Waals surface area contributed by atoms with Gasteiger partial charge in [0, 0.05) is 21.8 Å². The molecule has 3 rings (SSSR count). The first-order valence-electron chi connectivity index (χ1n) is 8.52. The number of hydrogen-bond donors (Lipinski definition) is 0. The van der Waals surface area contributed by atoms with Gasteiger partial charge in [-0.15, -0.1) is 0 Å². The van der Waals surface area contributed by atoms with Crippen LogP contribution in [0.15, 0.2) is 102 Å². The summed E-state index contributed by atoms with van der Waals surface area (Å²) in [6.07, 6.45) is 2.66. The molecule has 0 N–H and O–H groups in total. The smallest absolute Gasteiger partial charge is 0.251 e. The van der Waals surface area contributed by atoms with E-state index in [9.17, 15) is 9.59 Å². The topological polar surface area (TPSA) is 37.4 Å². The van der Waals surface area contributed by atoms with E-state index in [0.29, 0.717) is 12.1 Å². The van der Waals surface area contributed by atoms with Gasteiger partial charge in [-0.05, 0) is 48.0 Å². The van der Waals surface area contributed by atoms with E-state index in [2.05, 4.69) is 15.9 Å². The van der Waals surface area contributed by atoms with Crippen molar-refractivity contribution in [3.8, 4) is 0 Å². The molecule has 0 aliphatic carbocycles. The van der Waals surface area contributed by atoms with Gasteiger partial charge in [0.15, 0.2) is 5.78 Å². The number of para-hydroxylation sites is 1. The van der Waals surface area contributed by atoms with E-state index in [1.807, 2.05) is 60.7 Å². The van der Waals surface area contributed by atoms with Crippen LogP contribution >= 0.6 is 15.9 Å². The molecular formula is C23H18BrNO2. The van der Waals surface area contributed by atoms with Crippen LogP contribution in [-0.4, -0.2) is 11.7 Å². The lowest BCUT2D eigenvalue weighted by Gasteiger charge is -2.21. The van der Waals surface area contributed by atoms with Crippen LogP contribution in [0.4, 0.5) is 5.69 Å². The summed E-state index contributed by atoms with van der Waals surface area (Å²) in [6.45, 7) is 0.431. The van der Waals surface area contributed by atoms with Crippen molar-refractivity contribution < 1.29 is 9.59 Å². The summed E-state index contributed by atoms with van der Waals surface area (Å²) in [5, 5.41) is 0. The van der Waals surface area contributed by atoms with Crippen molar-refractivity contribution in [2.75, 3.05) is 4.90 Å². The Labute approximate surface area is 167 Å². The summed E-state index contributed by atoms with van der Waals surface area (Å²) in [6, 6.07) is 26.2. The van der Waals surface area contributed by atoms with Crippen LogP contribution in [0, 0.1) is 0 Å². The summed E-state index contributed by atoms with van der Waals surface area (Å²) in [5.74, 6) is -0.445. The highest BCUT2D eigenvalue weighted by Gasteiger charge is 2.14. The van der Waals surface area contributed by atoms with Crippen LogP contribution in [0.5, 0.6) is 0 Å². The van der Waals surface area contributed by atoms with Gasteiger partial charge in [0.25, 0.3) is 5.91 Å². The second-order valence-corrected chi connectivity index (χ2v) is 6.87. The van der Waals surface area contributed by atoms with Gasteiger partial charge in [-0.25, -0.2) is 0 Å². The minimum absolute atomic E-state index is 0.205. The highest BCUT2D eigenvalue weighted by Crippen LogP contribution is 2.18. The van der Waals surface area contributed by atoms with Gasteiger partial charge < -0.3 is 4.90 Å². The summed E-state index contributed by atoms with van der Waals surface area (Å²) >= 11 is 3.34. The number of nitrogens with zero attached hydrogens (tertiary/aromatic N) is 1. The van der Waals surface area contributed by atoms with Gasteiger partial charge >= 0.3 is 0 Å². The Morgan fingerprint density at radius 2 is 1.37 bits per heavy atom. The number of carbonyl (C=O) groups is 2. The summed E-state index contributed by atoms with van der Waals surface area (Å²) in [5.41, 5.74) is 2.34. The molecule has 0 saturated heterocycles. The van der Waals surface area contributed by atoms with Crippen molar-refractivity contribution in [1.29, 1.82) is 0 Å². The average molecular weight is 420 g/mol. The zero-order valence-electron chi connectivity index (χ0n) is 14.6. The van der Waals surface area contributed by atoms with Gasteiger partial charge in [-0.3, -0.25) is 9.59 Å². The van der Waals surface area contributed by atoms with Crippen LogP contribution in [-0.2, 0) is 11.3 Å². The SMILES string of the molecule is O=C(/C=C/C(=O)N(Cc1ccccc1)c1ccccc1)c1ccc(Br)cc1. The van der Waals surface area contributed by atoms with Crippen LogP contribution in [0.2, 0.25) is 0 Å². The van der Waals surface area contributed by atoms with Crippen molar-refractivity contribution in [3.05, 3.63) is 113 Å². The molecular weight excluding hydrogens is 402 g/mol. The number of anilines is 1. The van der Waals surface area contributed by atoms with E-state index in [-0.39, 0.29) is 11.7 Å². The second kappa shape index (κ2) is 9.10. The minimum atomic E-state index is -0.240. The van der Waals surface area contributed by atoms with Gasteiger partial charge in [0.1, 0.15) is 0 Å². The fourth-order valence-corrected chi connectivity index (χ4v) is 2.88. The third-order valence-corrected chi connectivity index (χ3v) is 4.55. The molecule has 0 atom stereocenters. The van der Waals surface area contributed by atoms with E-state index in [1.165, 1.54) is 12.2 Å². The molecule has 0 bridgehead atoms. The van der Waals surface area contributed by atoms with Crippen molar-refractivity contribution in [1.82, 2.24) is 0 Å². The van der Waals surface area contributed by atoms with E-state index in [4.69, 9.17) is 0 Å². The van der Waals surface area contributed by atoms with Crippen molar-refractivity contribution in [2.24, 2.45) is 0 Å². The monoisotopic (exact) mass is 419 g/mol. The first-order chi connectivity index (χ1) is 13.1. The Bertz CT molecular complexity index is 935. The maximum Gasteiger partial charge on any atom is 0.251 e. The zero-order chi connectivity index (χ0) is 19.1. The molecule has 0 aliphatic rings. The van der Waals surface area contributed by atoms with E-state index in [1.54, 1.807) is 29.2 Å². The molecule has 3 aromatic carbocycles. The number of hydrogen-bond acceptors (Lipinski definition) is 2. The van der Waals surface area contributed by atoms with Crippen LogP contribution < -0.4 is 4.90 Å². The highest BCUT2D eigenvalue weighted by atomic mass is 79.9. The van der Waals surface area contributed by atoms with Crippen LogP contribution in [0.1, 0.15) is 15.9 Å². The predicted octanol–water partition coefficient (Wildman–Crippen LogP) is 5.42. The maximum atomic E-state index is 12.8. The van der Waals surface area contributed by atoms with Gasteiger partial charge in [0.2, 0.25) is 0 Å². The lowest BCUT2D eigenvalue weighted by Crippen LogP contribution is -2.28. The molecule has 1 amide bonds. The molecule has 0 saturated carbocycles. The largest absolute Gasteiger partial charge is 0.304 e. The molecule has 3 aromatic rings. The second-order valence-electron chi connectivity index (χ2n) is 5.95. The Balaban J connectivity index is 1.80. The molecule has 27 heavy (non-hydrogen) atoms. The summed E-state index contributed by atoms with van der Waals surface area (Å²) < 4.78 is 0.900. The molecule has 0 unspecified atom stereocenters. The third kappa shape index (κ3) is 5.25. The number of halogens is 1. The van der Waals surface area contributed by atoms with Crippen LogP contribution in [0.25, 0.3) is 0 Å². The number of ketones is 1. The molecule has 0 aromatic heterocycles. The van der Waals surface area contributed by atoms with Crippen molar-refractivity contribution >= 4 is 33.3 Å². The molecule has 4 heteroatoms. The fourth-order valence-electron chi connectivity index (χ4n) is 2.62. The maximum absolute atomic E-state index is 12.8. The van der Waals surface area contributed by atoms with Gasteiger partial charge in [0.05, 0.1) is 6.54 Å². The molecule has 0 fully saturated rings. The van der Waals surface area contributed by atoms with Gasteiger partial charge in [-0.1, -0.05) is 64.5 Å². The first kappa shape index (κ1) is 18.8. The van der Waals surface area contributed by atoms with Crippen LogP contribution in [0.3, 0.4) is 0 Å². The Morgan fingerprint density at radius 3 is 2.00 bits per heavy atom.